The van der Waals surface area contributed by atoms with Crippen molar-refractivity contribution in [1.29, 1.82) is 0 Å². The number of aliphatic hydroxyl groups excluding tert-OH is 1. The summed E-state index contributed by atoms with van der Waals surface area (Å²) in [7, 11) is 0. The second-order valence-electron chi connectivity index (χ2n) is 4.03. The van der Waals surface area contributed by atoms with Crippen LogP contribution in [0.2, 0.25) is 5.02 Å². The van der Waals surface area contributed by atoms with Gasteiger partial charge in [0.2, 0.25) is 0 Å². The van der Waals surface area contributed by atoms with Crippen LogP contribution in [0.5, 0.6) is 5.75 Å². The Morgan fingerprint density at radius 2 is 2.33 bits per heavy atom. The lowest BCUT2D eigenvalue weighted by Gasteiger charge is -2.14. The van der Waals surface area contributed by atoms with E-state index in [-0.39, 0.29) is 16.7 Å². The molecule has 5 nitrogen and oxygen atoms in total. The van der Waals surface area contributed by atoms with Crippen molar-refractivity contribution in [2.45, 2.75) is 18.6 Å². The maximum atomic E-state index is 10.6. The monoisotopic (exact) mass is 272 g/mol. The van der Waals surface area contributed by atoms with Gasteiger partial charge >= 0.3 is 5.97 Å². The number of benzene rings is 1. The van der Waals surface area contributed by atoms with Gasteiger partial charge in [-0.05, 0) is 17.7 Å². The van der Waals surface area contributed by atoms with Gasteiger partial charge < -0.3 is 19.7 Å². The number of ether oxygens (including phenoxy) is 2. The largest absolute Gasteiger partial charge is 0.486 e. The van der Waals surface area contributed by atoms with E-state index >= 15 is 0 Å². The van der Waals surface area contributed by atoms with Crippen LogP contribution < -0.4 is 4.74 Å². The zero-order valence-corrected chi connectivity index (χ0v) is 10.3. The van der Waals surface area contributed by atoms with E-state index < -0.39 is 12.1 Å². The van der Waals surface area contributed by atoms with Crippen molar-refractivity contribution in [1.82, 2.24) is 0 Å². The summed E-state index contributed by atoms with van der Waals surface area (Å²) in [4.78, 5) is 10.6. The van der Waals surface area contributed by atoms with Crippen molar-refractivity contribution >= 4 is 17.6 Å². The van der Waals surface area contributed by atoms with Crippen LogP contribution in [-0.2, 0) is 9.53 Å². The molecule has 0 saturated carbocycles. The minimum atomic E-state index is -1.58. The summed E-state index contributed by atoms with van der Waals surface area (Å²) in [5.74, 6) is -0.850. The van der Waals surface area contributed by atoms with E-state index in [0.29, 0.717) is 19.0 Å². The van der Waals surface area contributed by atoms with Gasteiger partial charge in [0.1, 0.15) is 11.9 Å². The highest BCUT2D eigenvalue weighted by molar-refractivity contribution is 6.32. The van der Waals surface area contributed by atoms with Gasteiger partial charge in [-0.3, -0.25) is 0 Å². The molecular formula is C12H13ClO5. The number of carbonyl (C=O) groups is 1. The Balaban J connectivity index is 2.11. The average Bonchev–Trinajstić information content (AvgIpc) is 2.83. The Kier molecular flexibility index (Phi) is 4.06. The highest BCUT2D eigenvalue weighted by atomic mass is 35.5. The third-order valence-corrected chi connectivity index (χ3v) is 2.98. The first-order chi connectivity index (χ1) is 8.58. The van der Waals surface area contributed by atoms with Crippen molar-refractivity contribution in [3.8, 4) is 5.75 Å². The molecule has 1 aliphatic rings. The zero-order valence-electron chi connectivity index (χ0n) is 9.51. The number of aliphatic carboxylic acids is 1. The van der Waals surface area contributed by atoms with Crippen molar-refractivity contribution in [2.75, 3.05) is 13.2 Å². The molecule has 2 atom stereocenters. The molecule has 1 heterocycles. The molecule has 1 saturated heterocycles. The van der Waals surface area contributed by atoms with Crippen molar-refractivity contribution < 1.29 is 24.5 Å². The summed E-state index contributed by atoms with van der Waals surface area (Å²) in [5, 5.41) is 18.3. The molecule has 98 valence electrons. The molecule has 1 aliphatic heterocycles. The highest BCUT2D eigenvalue weighted by Crippen LogP contribution is 2.29. The van der Waals surface area contributed by atoms with Crippen LogP contribution in [-0.4, -0.2) is 35.5 Å². The van der Waals surface area contributed by atoms with Gasteiger partial charge in [0.15, 0.2) is 6.10 Å². The topological polar surface area (TPSA) is 76.0 Å². The number of hydrogen-bond donors (Lipinski definition) is 2. The van der Waals surface area contributed by atoms with Gasteiger partial charge in [-0.1, -0.05) is 17.7 Å². The van der Waals surface area contributed by atoms with Gasteiger partial charge in [-0.15, -0.1) is 0 Å². The summed E-state index contributed by atoms with van der Waals surface area (Å²) in [5.41, 5.74) is 0.225. The van der Waals surface area contributed by atoms with Crippen molar-refractivity contribution in [3.05, 3.63) is 28.8 Å². The number of hydrogen-bond acceptors (Lipinski definition) is 4. The summed E-state index contributed by atoms with van der Waals surface area (Å²) in [6.45, 7) is 1.19. The molecule has 2 rings (SSSR count). The molecule has 0 radical (unpaired) electrons. The van der Waals surface area contributed by atoms with Crippen molar-refractivity contribution in [3.63, 3.8) is 0 Å². The number of aliphatic hydroxyl groups is 1. The highest BCUT2D eigenvalue weighted by Gasteiger charge is 2.20. The lowest BCUT2D eigenvalue weighted by atomic mass is 10.1. The Morgan fingerprint density at radius 1 is 1.56 bits per heavy atom. The fourth-order valence-electron chi connectivity index (χ4n) is 1.71. The summed E-state index contributed by atoms with van der Waals surface area (Å²) >= 11 is 5.99. The molecule has 0 bridgehead atoms. The maximum absolute atomic E-state index is 10.6. The van der Waals surface area contributed by atoms with E-state index in [0.717, 1.165) is 6.42 Å². The van der Waals surface area contributed by atoms with Crippen LogP contribution in [0.3, 0.4) is 0 Å². The van der Waals surface area contributed by atoms with Crippen LogP contribution in [0.4, 0.5) is 0 Å². The molecule has 1 aromatic carbocycles. The van der Waals surface area contributed by atoms with Gasteiger partial charge in [0, 0.05) is 6.42 Å². The summed E-state index contributed by atoms with van der Waals surface area (Å²) < 4.78 is 10.8. The molecule has 6 heteroatoms. The summed E-state index contributed by atoms with van der Waals surface area (Å²) in [6, 6.07) is 4.43. The lowest BCUT2D eigenvalue weighted by molar-refractivity contribution is -0.146. The molecule has 1 aromatic rings. The van der Waals surface area contributed by atoms with Gasteiger partial charge in [-0.25, -0.2) is 4.79 Å². The van der Waals surface area contributed by atoms with Gasteiger partial charge in [0.05, 0.1) is 18.2 Å². The Morgan fingerprint density at radius 3 is 2.89 bits per heavy atom. The second kappa shape index (κ2) is 5.56. The van der Waals surface area contributed by atoms with E-state index in [1.807, 2.05) is 0 Å². The first-order valence-corrected chi connectivity index (χ1v) is 5.90. The first-order valence-electron chi connectivity index (χ1n) is 5.52. The molecule has 2 N–H and O–H groups in total. The van der Waals surface area contributed by atoms with E-state index in [4.69, 9.17) is 26.2 Å². The summed E-state index contributed by atoms with van der Waals surface area (Å²) in [6.07, 6.45) is -0.806. The van der Waals surface area contributed by atoms with E-state index in [1.165, 1.54) is 12.1 Å². The van der Waals surface area contributed by atoms with Crippen LogP contribution in [0.15, 0.2) is 18.2 Å². The molecular weight excluding hydrogens is 260 g/mol. The minimum absolute atomic E-state index is 0.0299. The number of carboxylic acid groups (broad SMARTS) is 1. The molecule has 18 heavy (non-hydrogen) atoms. The third kappa shape index (κ3) is 2.93. The normalized spacial score (nSPS) is 20.7. The minimum Gasteiger partial charge on any atom is -0.486 e. The second-order valence-corrected chi connectivity index (χ2v) is 4.44. The molecule has 1 fully saturated rings. The molecule has 0 spiro atoms. The van der Waals surface area contributed by atoms with Crippen LogP contribution in [0.25, 0.3) is 0 Å². The predicted octanol–water partition coefficient (Wildman–Crippen LogP) is 1.63. The Bertz CT molecular complexity index is 442. The molecule has 0 amide bonds. The number of rotatable bonds is 4. The fraction of sp³-hybridized carbons (Fsp3) is 0.417. The zero-order chi connectivity index (χ0) is 13.1. The van der Waals surface area contributed by atoms with E-state index in [9.17, 15) is 9.90 Å². The quantitative estimate of drug-likeness (QED) is 0.871. The maximum Gasteiger partial charge on any atom is 0.337 e. The van der Waals surface area contributed by atoms with Crippen LogP contribution in [0, 0.1) is 0 Å². The van der Waals surface area contributed by atoms with Crippen LogP contribution >= 0.6 is 11.6 Å². The van der Waals surface area contributed by atoms with Gasteiger partial charge in [-0.2, -0.15) is 0 Å². The fourth-order valence-corrected chi connectivity index (χ4v) is 1.94. The SMILES string of the molecule is O=C(O)C(O)c1ccc(OC2CCOC2)c(Cl)c1. The van der Waals surface area contributed by atoms with Crippen molar-refractivity contribution in [2.24, 2.45) is 0 Å². The Labute approximate surface area is 109 Å². The van der Waals surface area contributed by atoms with E-state index in [2.05, 4.69) is 0 Å². The van der Waals surface area contributed by atoms with E-state index in [1.54, 1.807) is 6.07 Å². The third-order valence-electron chi connectivity index (χ3n) is 2.69. The molecule has 2 unspecified atom stereocenters. The first kappa shape index (κ1) is 13.1. The molecule has 0 aliphatic carbocycles. The Hall–Kier alpha value is -1.30. The number of halogens is 1. The van der Waals surface area contributed by atoms with Crippen LogP contribution in [0.1, 0.15) is 18.1 Å². The lowest BCUT2D eigenvalue weighted by Crippen LogP contribution is -2.16. The average molecular weight is 273 g/mol. The van der Waals surface area contributed by atoms with Gasteiger partial charge in [0.25, 0.3) is 0 Å². The molecule has 0 aromatic heterocycles. The smallest absolute Gasteiger partial charge is 0.337 e. The number of carboxylic acids is 1. The standard InChI is InChI=1S/C12H13ClO5/c13-9-5-7(11(14)12(15)16)1-2-10(9)18-8-3-4-17-6-8/h1-2,5,8,11,14H,3-4,6H2,(H,15,16). The predicted molar refractivity (Wildman–Crippen MR) is 63.9 cm³/mol.